The molecule has 0 spiro atoms. The summed E-state index contributed by atoms with van der Waals surface area (Å²) in [5, 5.41) is 13.2. The molecular formula is C14H23NO2. The highest BCUT2D eigenvalue weighted by atomic mass is 16.5. The summed E-state index contributed by atoms with van der Waals surface area (Å²) >= 11 is 0. The van der Waals surface area contributed by atoms with Crippen LogP contribution in [0.5, 0.6) is 11.5 Å². The van der Waals surface area contributed by atoms with Crippen LogP contribution in [0.25, 0.3) is 0 Å². The van der Waals surface area contributed by atoms with Crippen molar-refractivity contribution in [2.45, 2.75) is 45.7 Å². The fraction of sp³-hybridized carbons (Fsp3) is 0.571. The number of phenols is 1. The van der Waals surface area contributed by atoms with Gasteiger partial charge in [0.25, 0.3) is 0 Å². The minimum Gasteiger partial charge on any atom is -0.504 e. The van der Waals surface area contributed by atoms with E-state index in [4.69, 9.17) is 4.74 Å². The topological polar surface area (TPSA) is 41.5 Å². The number of phenolic OH excluding ortho intramolecular Hbond substituents is 1. The fourth-order valence-electron chi connectivity index (χ4n) is 1.91. The van der Waals surface area contributed by atoms with E-state index in [2.05, 4.69) is 19.2 Å². The second-order valence-electron chi connectivity index (χ2n) is 4.28. The smallest absolute Gasteiger partial charge is 0.160 e. The number of hydrogen-bond acceptors (Lipinski definition) is 3. The van der Waals surface area contributed by atoms with E-state index in [-0.39, 0.29) is 5.75 Å². The molecule has 96 valence electrons. The Bertz CT molecular complexity index is 339. The summed E-state index contributed by atoms with van der Waals surface area (Å²) < 4.78 is 5.01. The average Bonchev–Trinajstić information content (AvgIpc) is 2.34. The van der Waals surface area contributed by atoms with Crippen molar-refractivity contribution in [3.05, 3.63) is 23.8 Å². The Morgan fingerprint density at radius 3 is 2.65 bits per heavy atom. The van der Waals surface area contributed by atoms with Crippen LogP contribution in [0.3, 0.4) is 0 Å². The first-order valence-corrected chi connectivity index (χ1v) is 6.30. The molecule has 0 amide bonds. The van der Waals surface area contributed by atoms with E-state index in [0.29, 0.717) is 11.8 Å². The number of benzene rings is 1. The summed E-state index contributed by atoms with van der Waals surface area (Å²) in [5.74, 6) is 0.727. The highest BCUT2D eigenvalue weighted by Crippen LogP contribution is 2.26. The van der Waals surface area contributed by atoms with Crippen molar-refractivity contribution in [1.82, 2.24) is 5.32 Å². The van der Waals surface area contributed by atoms with Crippen LogP contribution in [0, 0.1) is 0 Å². The van der Waals surface area contributed by atoms with Crippen molar-refractivity contribution < 1.29 is 9.84 Å². The Balaban J connectivity index is 2.54. The highest BCUT2D eigenvalue weighted by Gasteiger charge is 2.06. The summed E-state index contributed by atoms with van der Waals surface area (Å²) in [6, 6.07) is 6.09. The highest BCUT2D eigenvalue weighted by molar-refractivity contribution is 5.41. The standard InChI is InChI=1S/C14H23NO2/c1-4-6-12(5-2)15-10-11-7-8-14(17-3)13(16)9-11/h7-9,12,15-16H,4-6,10H2,1-3H3. The van der Waals surface area contributed by atoms with E-state index < -0.39 is 0 Å². The maximum atomic E-state index is 9.66. The lowest BCUT2D eigenvalue weighted by atomic mass is 10.1. The van der Waals surface area contributed by atoms with Gasteiger partial charge in [0.05, 0.1) is 7.11 Å². The lowest BCUT2D eigenvalue weighted by Gasteiger charge is -2.16. The molecule has 0 aliphatic rings. The van der Waals surface area contributed by atoms with Gasteiger partial charge in [-0.05, 0) is 30.5 Å². The van der Waals surface area contributed by atoms with Gasteiger partial charge in [-0.2, -0.15) is 0 Å². The summed E-state index contributed by atoms with van der Waals surface area (Å²) in [7, 11) is 1.56. The number of aromatic hydroxyl groups is 1. The number of ether oxygens (including phenoxy) is 1. The molecule has 0 aliphatic carbocycles. The Morgan fingerprint density at radius 2 is 2.12 bits per heavy atom. The maximum Gasteiger partial charge on any atom is 0.160 e. The van der Waals surface area contributed by atoms with Crippen molar-refractivity contribution in [3.8, 4) is 11.5 Å². The van der Waals surface area contributed by atoms with Crippen molar-refractivity contribution >= 4 is 0 Å². The summed E-state index contributed by atoms with van der Waals surface area (Å²) in [4.78, 5) is 0. The van der Waals surface area contributed by atoms with Crippen LogP contribution in [0.1, 0.15) is 38.7 Å². The molecule has 17 heavy (non-hydrogen) atoms. The van der Waals surface area contributed by atoms with Crippen LogP contribution in [0.2, 0.25) is 0 Å². The van der Waals surface area contributed by atoms with Crippen LogP contribution >= 0.6 is 0 Å². The Labute approximate surface area is 104 Å². The molecule has 0 aliphatic heterocycles. The van der Waals surface area contributed by atoms with Gasteiger partial charge in [-0.1, -0.05) is 26.3 Å². The largest absolute Gasteiger partial charge is 0.504 e. The number of hydrogen-bond donors (Lipinski definition) is 2. The summed E-state index contributed by atoms with van der Waals surface area (Å²) in [6.07, 6.45) is 3.52. The third-order valence-electron chi connectivity index (χ3n) is 2.97. The molecule has 0 saturated carbocycles. The van der Waals surface area contributed by atoms with Crippen LogP contribution in [-0.2, 0) is 6.54 Å². The van der Waals surface area contributed by atoms with Gasteiger partial charge in [0, 0.05) is 12.6 Å². The normalized spacial score (nSPS) is 12.4. The number of methoxy groups -OCH3 is 1. The van der Waals surface area contributed by atoms with Crippen LogP contribution in [0.4, 0.5) is 0 Å². The molecule has 3 nitrogen and oxygen atoms in total. The first kappa shape index (κ1) is 13.8. The molecule has 0 saturated heterocycles. The van der Waals surface area contributed by atoms with Gasteiger partial charge >= 0.3 is 0 Å². The molecule has 0 fully saturated rings. The van der Waals surface area contributed by atoms with Gasteiger partial charge in [-0.15, -0.1) is 0 Å². The molecule has 0 radical (unpaired) electrons. The molecule has 2 N–H and O–H groups in total. The van der Waals surface area contributed by atoms with E-state index in [1.807, 2.05) is 6.07 Å². The first-order chi connectivity index (χ1) is 8.21. The zero-order chi connectivity index (χ0) is 12.7. The minimum absolute atomic E-state index is 0.204. The molecule has 3 heteroatoms. The van der Waals surface area contributed by atoms with Crippen molar-refractivity contribution in [2.24, 2.45) is 0 Å². The number of rotatable bonds is 7. The Morgan fingerprint density at radius 1 is 1.35 bits per heavy atom. The predicted octanol–water partition coefficient (Wildman–Crippen LogP) is 3.07. The third-order valence-corrected chi connectivity index (χ3v) is 2.97. The molecule has 1 unspecified atom stereocenters. The lowest BCUT2D eigenvalue weighted by molar-refractivity contribution is 0.372. The van der Waals surface area contributed by atoms with Crippen molar-refractivity contribution in [2.75, 3.05) is 7.11 Å². The number of nitrogens with one attached hydrogen (secondary N) is 1. The summed E-state index contributed by atoms with van der Waals surface area (Å²) in [5.41, 5.74) is 1.08. The Hall–Kier alpha value is -1.22. The van der Waals surface area contributed by atoms with Crippen LogP contribution in [0.15, 0.2) is 18.2 Å². The molecule has 0 aromatic heterocycles. The minimum atomic E-state index is 0.204. The van der Waals surface area contributed by atoms with E-state index >= 15 is 0 Å². The molecule has 0 bridgehead atoms. The molecule has 1 aromatic rings. The van der Waals surface area contributed by atoms with Gasteiger partial charge in [-0.3, -0.25) is 0 Å². The van der Waals surface area contributed by atoms with Crippen LogP contribution in [-0.4, -0.2) is 18.3 Å². The third kappa shape index (κ3) is 4.27. The second-order valence-corrected chi connectivity index (χ2v) is 4.28. The van der Waals surface area contributed by atoms with Gasteiger partial charge < -0.3 is 15.2 Å². The van der Waals surface area contributed by atoms with E-state index in [1.165, 1.54) is 12.8 Å². The molecule has 0 heterocycles. The Kier molecular flexibility index (Phi) is 5.84. The molecule has 1 atom stereocenters. The summed E-state index contributed by atoms with van der Waals surface area (Å²) in [6.45, 7) is 5.18. The van der Waals surface area contributed by atoms with Crippen molar-refractivity contribution in [1.29, 1.82) is 0 Å². The molecule has 1 rings (SSSR count). The lowest BCUT2D eigenvalue weighted by Crippen LogP contribution is -2.27. The molecular weight excluding hydrogens is 214 g/mol. The van der Waals surface area contributed by atoms with Gasteiger partial charge in [0.2, 0.25) is 0 Å². The average molecular weight is 237 g/mol. The van der Waals surface area contributed by atoms with Gasteiger partial charge in [0.15, 0.2) is 11.5 Å². The molecule has 1 aromatic carbocycles. The predicted molar refractivity (Wildman–Crippen MR) is 70.5 cm³/mol. The monoisotopic (exact) mass is 237 g/mol. The van der Waals surface area contributed by atoms with Crippen LogP contribution < -0.4 is 10.1 Å². The quantitative estimate of drug-likeness (QED) is 0.765. The zero-order valence-electron chi connectivity index (χ0n) is 11.0. The van der Waals surface area contributed by atoms with Gasteiger partial charge in [-0.25, -0.2) is 0 Å². The van der Waals surface area contributed by atoms with Crippen molar-refractivity contribution in [3.63, 3.8) is 0 Å². The maximum absolute atomic E-state index is 9.66. The zero-order valence-corrected chi connectivity index (χ0v) is 11.0. The van der Waals surface area contributed by atoms with Gasteiger partial charge in [0.1, 0.15) is 0 Å². The van der Waals surface area contributed by atoms with E-state index in [1.54, 1.807) is 19.2 Å². The fourth-order valence-corrected chi connectivity index (χ4v) is 1.91. The first-order valence-electron chi connectivity index (χ1n) is 6.30. The SMILES string of the molecule is CCCC(CC)NCc1ccc(OC)c(O)c1. The van der Waals surface area contributed by atoms with E-state index in [0.717, 1.165) is 18.5 Å². The second kappa shape index (κ2) is 7.17. The van der Waals surface area contributed by atoms with E-state index in [9.17, 15) is 5.11 Å².